The van der Waals surface area contributed by atoms with E-state index >= 15 is 0 Å². The quantitative estimate of drug-likeness (QED) is 0.664. The maximum atomic E-state index is 11.4. The average Bonchev–Trinajstić information content (AvgIpc) is 2.59. The van der Waals surface area contributed by atoms with Crippen LogP contribution < -0.4 is 5.73 Å². The molecule has 74 valence electrons. The number of nitrogens with two attached hydrogens (primary N) is 1. The standard InChI is InChI=1S/C11H13NO2/c12-11(14)10(13)9-5-7-3-1-2-4-8(7)6-9/h1,3,9H,2,4-6H2,(H2,12,14). The predicted molar refractivity (Wildman–Crippen MR) is 52.3 cm³/mol. The van der Waals surface area contributed by atoms with Gasteiger partial charge in [-0.05, 0) is 31.3 Å². The summed E-state index contributed by atoms with van der Waals surface area (Å²) in [5.74, 6) is -1.38. The molecule has 1 amide bonds. The number of rotatable bonds is 2. The highest BCUT2D eigenvalue weighted by Gasteiger charge is 2.31. The molecule has 0 aromatic carbocycles. The van der Waals surface area contributed by atoms with Crippen LogP contribution in [0.5, 0.6) is 0 Å². The topological polar surface area (TPSA) is 60.2 Å². The van der Waals surface area contributed by atoms with Crippen LogP contribution in [0.4, 0.5) is 0 Å². The lowest BCUT2D eigenvalue weighted by atomic mass is 9.98. The Morgan fingerprint density at radius 2 is 2.14 bits per heavy atom. The van der Waals surface area contributed by atoms with E-state index in [0.717, 1.165) is 19.3 Å². The molecule has 2 N–H and O–H groups in total. The first kappa shape index (κ1) is 9.19. The van der Waals surface area contributed by atoms with E-state index in [4.69, 9.17) is 5.73 Å². The highest BCUT2D eigenvalue weighted by molar-refractivity contribution is 6.36. The molecule has 0 aromatic rings. The molecule has 1 unspecified atom stereocenters. The summed E-state index contributed by atoms with van der Waals surface area (Å²) < 4.78 is 0. The number of carbonyl (C=O) groups is 2. The lowest BCUT2D eigenvalue weighted by molar-refractivity contribution is -0.138. The van der Waals surface area contributed by atoms with Crippen molar-refractivity contribution in [2.45, 2.75) is 25.7 Å². The van der Waals surface area contributed by atoms with Crippen molar-refractivity contribution in [3.8, 4) is 0 Å². The first-order valence-corrected chi connectivity index (χ1v) is 4.89. The minimum Gasteiger partial charge on any atom is -0.363 e. The van der Waals surface area contributed by atoms with E-state index in [1.54, 1.807) is 0 Å². The van der Waals surface area contributed by atoms with Crippen molar-refractivity contribution in [1.29, 1.82) is 0 Å². The van der Waals surface area contributed by atoms with Gasteiger partial charge in [0.1, 0.15) is 0 Å². The number of primary amides is 1. The largest absolute Gasteiger partial charge is 0.363 e. The van der Waals surface area contributed by atoms with Gasteiger partial charge in [0.25, 0.3) is 5.91 Å². The van der Waals surface area contributed by atoms with Crippen molar-refractivity contribution in [3.63, 3.8) is 0 Å². The minimum atomic E-state index is -0.793. The second-order valence-electron chi connectivity index (χ2n) is 3.90. The van der Waals surface area contributed by atoms with Gasteiger partial charge in [-0.25, -0.2) is 0 Å². The van der Waals surface area contributed by atoms with Gasteiger partial charge in [-0.1, -0.05) is 17.7 Å². The second kappa shape index (κ2) is 3.40. The fourth-order valence-electron chi connectivity index (χ4n) is 2.23. The van der Waals surface area contributed by atoms with Crippen LogP contribution in [0.2, 0.25) is 0 Å². The summed E-state index contributed by atoms with van der Waals surface area (Å²) in [6, 6.07) is 0. The van der Waals surface area contributed by atoms with E-state index in [0.29, 0.717) is 6.42 Å². The van der Waals surface area contributed by atoms with Crippen molar-refractivity contribution in [2.24, 2.45) is 11.7 Å². The monoisotopic (exact) mass is 191 g/mol. The third-order valence-corrected chi connectivity index (χ3v) is 2.96. The molecule has 0 saturated heterocycles. The summed E-state index contributed by atoms with van der Waals surface area (Å²) in [5, 5.41) is 0. The zero-order valence-electron chi connectivity index (χ0n) is 7.95. The fourth-order valence-corrected chi connectivity index (χ4v) is 2.23. The molecule has 0 aromatic heterocycles. The van der Waals surface area contributed by atoms with Gasteiger partial charge in [-0.2, -0.15) is 0 Å². The van der Waals surface area contributed by atoms with Crippen molar-refractivity contribution in [2.75, 3.05) is 0 Å². The predicted octanol–water partition coefficient (Wildman–Crippen LogP) is 1.10. The van der Waals surface area contributed by atoms with Gasteiger partial charge in [-0.15, -0.1) is 0 Å². The number of hydrogen-bond donors (Lipinski definition) is 1. The van der Waals surface area contributed by atoms with Crippen molar-refractivity contribution in [1.82, 2.24) is 0 Å². The summed E-state index contributed by atoms with van der Waals surface area (Å²) in [4.78, 5) is 22.1. The van der Waals surface area contributed by atoms with Crippen LogP contribution in [0.3, 0.4) is 0 Å². The third kappa shape index (κ3) is 1.50. The molecule has 3 nitrogen and oxygen atoms in total. The molecule has 0 saturated carbocycles. The number of allylic oxidation sites excluding steroid dienone is 4. The van der Waals surface area contributed by atoms with Crippen LogP contribution in [-0.2, 0) is 9.59 Å². The molecular formula is C11H13NO2. The maximum absolute atomic E-state index is 11.4. The van der Waals surface area contributed by atoms with Gasteiger partial charge in [0.2, 0.25) is 5.78 Å². The Hall–Kier alpha value is -1.38. The van der Waals surface area contributed by atoms with Gasteiger partial charge in [0.05, 0.1) is 0 Å². The van der Waals surface area contributed by atoms with Gasteiger partial charge in [-0.3, -0.25) is 9.59 Å². The molecule has 0 spiro atoms. The summed E-state index contributed by atoms with van der Waals surface area (Å²) >= 11 is 0. The lowest BCUT2D eigenvalue weighted by Gasteiger charge is -2.06. The molecule has 3 heteroatoms. The minimum absolute atomic E-state index is 0.180. The smallest absolute Gasteiger partial charge is 0.285 e. The van der Waals surface area contributed by atoms with E-state index in [1.807, 2.05) is 0 Å². The number of amides is 1. The van der Waals surface area contributed by atoms with E-state index in [1.165, 1.54) is 11.1 Å². The second-order valence-corrected chi connectivity index (χ2v) is 3.90. The van der Waals surface area contributed by atoms with Crippen LogP contribution in [0.15, 0.2) is 23.3 Å². The Kier molecular flexibility index (Phi) is 2.23. The molecule has 2 aliphatic rings. The molecule has 0 aliphatic heterocycles. The van der Waals surface area contributed by atoms with E-state index in [2.05, 4.69) is 12.2 Å². The highest BCUT2D eigenvalue weighted by Crippen LogP contribution is 2.37. The number of Topliss-reactive ketones (excluding diaryl/α,β-unsaturated/α-hetero) is 1. The van der Waals surface area contributed by atoms with Crippen LogP contribution in [0.1, 0.15) is 25.7 Å². The molecule has 0 bridgehead atoms. The zero-order chi connectivity index (χ0) is 10.1. The van der Waals surface area contributed by atoms with Crippen molar-refractivity contribution in [3.05, 3.63) is 23.3 Å². The Labute approximate surface area is 82.7 Å². The summed E-state index contributed by atoms with van der Waals surface area (Å²) in [6.45, 7) is 0. The number of carbonyl (C=O) groups excluding carboxylic acids is 2. The lowest BCUT2D eigenvalue weighted by Crippen LogP contribution is -2.29. The van der Waals surface area contributed by atoms with E-state index in [9.17, 15) is 9.59 Å². The summed E-state index contributed by atoms with van der Waals surface area (Å²) in [6.07, 6.45) is 7.73. The van der Waals surface area contributed by atoms with Crippen molar-refractivity contribution >= 4 is 11.7 Å². The molecule has 2 rings (SSSR count). The first-order chi connectivity index (χ1) is 6.68. The molecule has 2 aliphatic carbocycles. The Bertz CT molecular complexity index is 352. The number of hydrogen-bond acceptors (Lipinski definition) is 2. The molecule has 1 atom stereocenters. The van der Waals surface area contributed by atoms with E-state index < -0.39 is 11.7 Å². The van der Waals surface area contributed by atoms with Crippen LogP contribution in [-0.4, -0.2) is 11.7 Å². The highest BCUT2D eigenvalue weighted by atomic mass is 16.2. The average molecular weight is 191 g/mol. The van der Waals surface area contributed by atoms with Gasteiger partial charge >= 0.3 is 0 Å². The van der Waals surface area contributed by atoms with E-state index in [-0.39, 0.29) is 5.92 Å². The molecule has 14 heavy (non-hydrogen) atoms. The zero-order valence-corrected chi connectivity index (χ0v) is 7.95. The normalized spacial score (nSPS) is 25.0. The molecular weight excluding hydrogens is 178 g/mol. The maximum Gasteiger partial charge on any atom is 0.285 e. The number of ketones is 1. The van der Waals surface area contributed by atoms with Crippen LogP contribution >= 0.6 is 0 Å². The van der Waals surface area contributed by atoms with Crippen molar-refractivity contribution < 1.29 is 9.59 Å². The van der Waals surface area contributed by atoms with Gasteiger partial charge in [0.15, 0.2) is 0 Å². The van der Waals surface area contributed by atoms with Crippen LogP contribution in [0.25, 0.3) is 0 Å². The molecule has 0 heterocycles. The Morgan fingerprint density at radius 1 is 1.36 bits per heavy atom. The Balaban J connectivity index is 2.08. The SMILES string of the molecule is NC(=O)C(=O)C1CC2=C(CCC=C2)C1. The molecule has 0 fully saturated rings. The third-order valence-electron chi connectivity index (χ3n) is 2.96. The first-order valence-electron chi connectivity index (χ1n) is 4.89. The summed E-state index contributed by atoms with van der Waals surface area (Å²) in [7, 11) is 0. The molecule has 0 radical (unpaired) electrons. The Morgan fingerprint density at radius 3 is 2.79 bits per heavy atom. The summed E-state index contributed by atoms with van der Waals surface area (Å²) in [5.41, 5.74) is 7.57. The van der Waals surface area contributed by atoms with Crippen LogP contribution in [0, 0.1) is 5.92 Å². The van der Waals surface area contributed by atoms with Gasteiger partial charge < -0.3 is 5.73 Å². The fraction of sp³-hybridized carbons (Fsp3) is 0.455. The van der Waals surface area contributed by atoms with Gasteiger partial charge in [0, 0.05) is 5.92 Å².